The van der Waals surface area contributed by atoms with Gasteiger partial charge in [0, 0.05) is 11.6 Å². The van der Waals surface area contributed by atoms with E-state index in [0.717, 1.165) is 6.42 Å². The molecule has 2 aromatic carbocycles. The van der Waals surface area contributed by atoms with Gasteiger partial charge in [0.15, 0.2) is 5.69 Å². The number of hydrogen-bond acceptors (Lipinski definition) is 4. The van der Waals surface area contributed by atoms with Crippen LogP contribution in [0.15, 0.2) is 64.5 Å². The Morgan fingerprint density at radius 3 is 2.58 bits per heavy atom. The normalized spacial score (nSPS) is 11.0. The lowest BCUT2D eigenvalue weighted by atomic mass is 10.1. The van der Waals surface area contributed by atoms with Gasteiger partial charge in [0.25, 0.3) is 11.5 Å². The van der Waals surface area contributed by atoms with E-state index in [9.17, 15) is 9.59 Å². The first-order chi connectivity index (χ1) is 11.8. The zero-order valence-electron chi connectivity index (χ0n) is 12.9. The van der Waals surface area contributed by atoms with Crippen molar-refractivity contribution in [1.29, 1.82) is 0 Å². The fourth-order valence-corrected chi connectivity index (χ4v) is 2.39. The van der Waals surface area contributed by atoms with Crippen LogP contribution in [0.3, 0.4) is 0 Å². The van der Waals surface area contributed by atoms with Crippen molar-refractivity contribution in [3.8, 4) is 0 Å². The molecule has 2 N–H and O–H groups in total. The lowest BCUT2D eigenvalue weighted by molar-refractivity contribution is 0.0951. The molecule has 1 heterocycles. The van der Waals surface area contributed by atoms with Crippen molar-refractivity contribution >= 4 is 22.9 Å². The van der Waals surface area contributed by atoms with Gasteiger partial charge in [-0.1, -0.05) is 48.5 Å². The second-order valence-corrected chi connectivity index (χ2v) is 5.22. The summed E-state index contributed by atoms with van der Waals surface area (Å²) in [7, 11) is 0. The second-order valence-electron chi connectivity index (χ2n) is 5.22. The van der Waals surface area contributed by atoms with Crippen molar-refractivity contribution < 1.29 is 4.79 Å². The van der Waals surface area contributed by atoms with Gasteiger partial charge in [0.1, 0.15) is 0 Å². The molecule has 0 aliphatic heterocycles. The Hall–Kier alpha value is -3.28. The molecule has 0 fully saturated rings. The molecule has 0 aliphatic carbocycles. The molecule has 0 aliphatic rings. The molecule has 24 heavy (non-hydrogen) atoms. The number of carbonyl (C=O) groups excluding carboxylic acids is 1. The van der Waals surface area contributed by atoms with Gasteiger partial charge in [-0.2, -0.15) is 10.2 Å². The van der Waals surface area contributed by atoms with E-state index in [1.54, 1.807) is 30.5 Å². The van der Waals surface area contributed by atoms with Gasteiger partial charge < -0.3 is 0 Å². The first-order valence-electron chi connectivity index (χ1n) is 7.59. The molecule has 120 valence electrons. The number of carbonyl (C=O) groups is 1. The lowest BCUT2D eigenvalue weighted by Crippen LogP contribution is -2.22. The number of amides is 1. The maximum absolute atomic E-state index is 12.2. The minimum Gasteiger partial charge on any atom is -0.267 e. The summed E-state index contributed by atoms with van der Waals surface area (Å²) in [6, 6.07) is 16.9. The molecule has 1 amide bonds. The molecule has 0 radical (unpaired) electrons. The highest BCUT2D eigenvalue weighted by Gasteiger charge is 2.12. The van der Waals surface area contributed by atoms with Gasteiger partial charge >= 0.3 is 0 Å². The highest BCUT2D eigenvalue weighted by atomic mass is 16.2. The summed E-state index contributed by atoms with van der Waals surface area (Å²) in [5.74, 6) is -0.460. The number of aromatic nitrogens is 2. The van der Waals surface area contributed by atoms with Crippen LogP contribution in [0, 0.1) is 0 Å². The highest BCUT2D eigenvalue weighted by molar-refractivity contribution is 6.04. The second kappa shape index (κ2) is 7.32. The summed E-state index contributed by atoms with van der Waals surface area (Å²) < 4.78 is 0. The van der Waals surface area contributed by atoms with Crippen LogP contribution in [0.2, 0.25) is 0 Å². The van der Waals surface area contributed by atoms with Crippen molar-refractivity contribution in [3.63, 3.8) is 0 Å². The molecule has 3 rings (SSSR count). The Morgan fingerprint density at radius 1 is 1.08 bits per heavy atom. The summed E-state index contributed by atoms with van der Waals surface area (Å²) >= 11 is 0. The molecule has 0 bridgehead atoms. The Labute approximate surface area is 138 Å². The fraction of sp³-hybridized carbons (Fsp3) is 0.111. The molecule has 0 saturated carbocycles. The van der Waals surface area contributed by atoms with E-state index in [1.807, 2.05) is 30.3 Å². The van der Waals surface area contributed by atoms with Crippen LogP contribution in [0.25, 0.3) is 10.8 Å². The van der Waals surface area contributed by atoms with Crippen LogP contribution >= 0.6 is 0 Å². The number of aromatic amines is 1. The first kappa shape index (κ1) is 15.6. The van der Waals surface area contributed by atoms with Gasteiger partial charge in [-0.15, -0.1) is 0 Å². The summed E-state index contributed by atoms with van der Waals surface area (Å²) in [5.41, 5.74) is 3.47. The molecule has 6 heteroatoms. The monoisotopic (exact) mass is 320 g/mol. The van der Waals surface area contributed by atoms with Gasteiger partial charge in [-0.3, -0.25) is 9.59 Å². The lowest BCUT2D eigenvalue weighted by Gasteiger charge is -2.03. The van der Waals surface area contributed by atoms with Crippen molar-refractivity contribution in [2.24, 2.45) is 5.10 Å². The zero-order chi connectivity index (χ0) is 16.8. The predicted octanol–water partition coefficient (Wildman–Crippen LogP) is 2.27. The third-order valence-corrected chi connectivity index (χ3v) is 3.57. The van der Waals surface area contributed by atoms with Crippen LogP contribution in [0.5, 0.6) is 0 Å². The highest BCUT2D eigenvalue weighted by Crippen LogP contribution is 2.11. The average Bonchev–Trinajstić information content (AvgIpc) is 2.63. The summed E-state index contributed by atoms with van der Waals surface area (Å²) in [4.78, 5) is 23.9. The van der Waals surface area contributed by atoms with Crippen LogP contribution in [-0.2, 0) is 6.42 Å². The van der Waals surface area contributed by atoms with E-state index < -0.39 is 5.91 Å². The van der Waals surface area contributed by atoms with Gasteiger partial charge in [-0.05, 0) is 24.5 Å². The molecule has 3 aromatic rings. The number of benzene rings is 2. The number of nitrogens with one attached hydrogen (secondary N) is 2. The van der Waals surface area contributed by atoms with E-state index in [1.165, 1.54) is 5.56 Å². The Bertz CT molecular complexity index is 932. The quantitative estimate of drug-likeness (QED) is 0.558. The number of hydrazone groups is 1. The maximum atomic E-state index is 12.2. The Kier molecular flexibility index (Phi) is 4.76. The largest absolute Gasteiger partial charge is 0.292 e. The SMILES string of the molecule is O=C(N/N=C\CCc1ccccc1)c1n[nH]c(=O)c2ccccc12. The third kappa shape index (κ3) is 3.55. The van der Waals surface area contributed by atoms with Crippen LogP contribution in [0.1, 0.15) is 22.5 Å². The van der Waals surface area contributed by atoms with Gasteiger partial charge in [-0.25, -0.2) is 10.5 Å². The van der Waals surface area contributed by atoms with E-state index in [0.29, 0.717) is 17.2 Å². The number of hydrogen-bond donors (Lipinski definition) is 2. The maximum Gasteiger partial charge on any atom is 0.292 e. The van der Waals surface area contributed by atoms with Crippen molar-refractivity contribution in [1.82, 2.24) is 15.6 Å². The standard InChI is InChI=1S/C18H16N4O2/c23-17-15-11-5-4-10-14(15)16(20-22-17)18(24)21-19-12-6-9-13-7-2-1-3-8-13/h1-5,7-8,10-12H,6,9H2,(H,21,24)(H,22,23)/b19-12-. The van der Waals surface area contributed by atoms with E-state index >= 15 is 0 Å². The molecule has 0 saturated heterocycles. The molecular formula is C18H16N4O2. The van der Waals surface area contributed by atoms with E-state index in [-0.39, 0.29) is 11.3 Å². The Balaban J connectivity index is 1.64. The third-order valence-electron chi connectivity index (χ3n) is 3.57. The predicted molar refractivity (Wildman–Crippen MR) is 93.1 cm³/mol. The molecule has 1 aromatic heterocycles. The first-order valence-corrected chi connectivity index (χ1v) is 7.59. The van der Waals surface area contributed by atoms with Crippen LogP contribution in [0.4, 0.5) is 0 Å². The minimum absolute atomic E-state index is 0.144. The summed E-state index contributed by atoms with van der Waals surface area (Å²) in [6.07, 6.45) is 3.21. The Morgan fingerprint density at radius 2 is 1.79 bits per heavy atom. The van der Waals surface area contributed by atoms with E-state index in [4.69, 9.17) is 0 Å². The molecular weight excluding hydrogens is 304 g/mol. The van der Waals surface area contributed by atoms with Crippen LogP contribution in [-0.4, -0.2) is 22.3 Å². The number of fused-ring (bicyclic) bond motifs is 1. The number of aryl methyl sites for hydroxylation is 1. The summed E-state index contributed by atoms with van der Waals surface area (Å²) in [6.45, 7) is 0. The van der Waals surface area contributed by atoms with Gasteiger partial charge in [0.05, 0.1) is 5.39 Å². The molecule has 0 spiro atoms. The molecule has 6 nitrogen and oxygen atoms in total. The number of H-pyrrole nitrogens is 1. The number of nitrogens with zero attached hydrogens (tertiary/aromatic N) is 2. The number of rotatable bonds is 5. The van der Waals surface area contributed by atoms with Crippen molar-refractivity contribution in [2.75, 3.05) is 0 Å². The average molecular weight is 320 g/mol. The van der Waals surface area contributed by atoms with Crippen LogP contribution < -0.4 is 11.0 Å². The topological polar surface area (TPSA) is 87.2 Å². The fourth-order valence-electron chi connectivity index (χ4n) is 2.39. The smallest absolute Gasteiger partial charge is 0.267 e. The summed E-state index contributed by atoms with van der Waals surface area (Å²) in [5, 5.41) is 11.0. The van der Waals surface area contributed by atoms with Crippen molar-refractivity contribution in [3.05, 3.63) is 76.2 Å². The molecule has 0 atom stereocenters. The van der Waals surface area contributed by atoms with E-state index in [2.05, 4.69) is 20.7 Å². The van der Waals surface area contributed by atoms with Crippen molar-refractivity contribution in [2.45, 2.75) is 12.8 Å². The molecule has 0 unspecified atom stereocenters. The van der Waals surface area contributed by atoms with Gasteiger partial charge in [0.2, 0.25) is 0 Å². The zero-order valence-corrected chi connectivity index (χ0v) is 12.9. The minimum atomic E-state index is -0.460.